The number of halogens is 1. The van der Waals surface area contributed by atoms with E-state index in [1.165, 1.54) is 16.8 Å². The van der Waals surface area contributed by atoms with E-state index < -0.39 is 11.2 Å². The molecule has 0 saturated carbocycles. The van der Waals surface area contributed by atoms with Crippen LogP contribution < -0.4 is 11.2 Å². The number of aromatic amines is 1. The number of aromatic nitrogens is 2. The van der Waals surface area contributed by atoms with Gasteiger partial charge >= 0.3 is 5.69 Å². The molecule has 0 unspecified atom stereocenters. The summed E-state index contributed by atoms with van der Waals surface area (Å²) in [6, 6.07) is 1.25. The van der Waals surface area contributed by atoms with Crippen LogP contribution in [-0.2, 0) is 6.54 Å². The summed E-state index contributed by atoms with van der Waals surface area (Å²) in [6.07, 6.45) is 1.37. The maximum Gasteiger partial charge on any atom is 0.328 e. The molecule has 1 N–H and O–H groups in total. The van der Waals surface area contributed by atoms with Gasteiger partial charge in [0.25, 0.3) is 5.56 Å². The van der Waals surface area contributed by atoms with Crippen LogP contribution in [0.5, 0.6) is 0 Å². The van der Waals surface area contributed by atoms with Crippen LogP contribution in [0.2, 0.25) is 0 Å². The van der Waals surface area contributed by atoms with Crippen molar-refractivity contribution in [1.29, 1.82) is 0 Å². The van der Waals surface area contributed by atoms with Crippen LogP contribution in [0.3, 0.4) is 0 Å². The molecule has 64 valence electrons. The van der Waals surface area contributed by atoms with Crippen molar-refractivity contribution >= 4 is 11.6 Å². The Morgan fingerprint density at radius 2 is 2.33 bits per heavy atom. The zero-order valence-electron chi connectivity index (χ0n) is 6.21. The lowest BCUT2D eigenvalue weighted by Crippen LogP contribution is -2.28. The van der Waals surface area contributed by atoms with Gasteiger partial charge in [-0.15, -0.1) is 0 Å². The van der Waals surface area contributed by atoms with Gasteiger partial charge in [-0.3, -0.25) is 14.3 Å². The first kappa shape index (κ1) is 8.80. The van der Waals surface area contributed by atoms with E-state index >= 15 is 0 Å². The van der Waals surface area contributed by atoms with Crippen LogP contribution in [0, 0.1) is 0 Å². The highest BCUT2D eigenvalue weighted by atomic mass is 35.5. The molecular weight excluding hydrogens is 180 g/mol. The summed E-state index contributed by atoms with van der Waals surface area (Å²) in [5.74, 6) is 0. The van der Waals surface area contributed by atoms with Gasteiger partial charge in [-0.05, 0) is 0 Å². The molecule has 4 nitrogen and oxygen atoms in total. The Kier molecular flexibility index (Phi) is 2.50. The van der Waals surface area contributed by atoms with Gasteiger partial charge in [0.1, 0.15) is 0 Å². The second-order valence-electron chi connectivity index (χ2n) is 2.26. The van der Waals surface area contributed by atoms with E-state index in [4.69, 9.17) is 11.6 Å². The summed E-state index contributed by atoms with van der Waals surface area (Å²) >= 11 is 5.48. The number of nitrogens with one attached hydrogen (secondary N) is 1. The van der Waals surface area contributed by atoms with E-state index in [0.717, 1.165) is 0 Å². The predicted octanol–water partition coefficient (Wildman–Crippen LogP) is 0.289. The van der Waals surface area contributed by atoms with Crippen molar-refractivity contribution in [2.75, 3.05) is 0 Å². The van der Waals surface area contributed by atoms with Gasteiger partial charge in [-0.2, -0.15) is 0 Å². The Hall–Kier alpha value is -1.29. The van der Waals surface area contributed by atoms with Gasteiger partial charge in [0, 0.05) is 17.3 Å². The van der Waals surface area contributed by atoms with Gasteiger partial charge < -0.3 is 0 Å². The lowest BCUT2D eigenvalue weighted by atomic mass is 10.5. The standard InChI is InChI=1S/C7H7ClN2O2/c1-5(8)4-10-3-2-6(11)9-7(10)12/h2-3H,1,4H2,(H,9,11,12). The van der Waals surface area contributed by atoms with E-state index in [2.05, 4.69) is 11.6 Å². The van der Waals surface area contributed by atoms with Gasteiger partial charge in [-0.25, -0.2) is 4.79 Å². The van der Waals surface area contributed by atoms with E-state index in [1.807, 2.05) is 0 Å². The van der Waals surface area contributed by atoms with Crippen molar-refractivity contribution in [2.24, 2.45) is 0 Å². The van der Waals surface area contributed by atoms with Gasteiger partial charge in [0.05, 0.1) is 6.54 Å². The van der Waals surface area contributed by atoms with E-state index in [9.17, 15) is 9.59 Å². The van der Waals surface area contributed by atoms with Crippen molar-refractivity contribution in [3.8, 4) is 0 Å². The summed E-state index contributed by atoms with van der Waals surface area (Å²) in [5, 5.41) is 0.337. The molecule has 1 aromatic heterocycles. The summed E-state index contributed by atoms with van der Waals surface area (Å²) in [5.41, 5.74) is -0.902. The maximum absolute atomic E-state index is 11.0. The van der Waals surface area contributed by atoms with Crippen LogP contribution in [0.1, 0.15) is 0 Å². The van der Waals surface area contributed by atoms with Crippen LogP contribution in [0.25, 0.3) is 0 Å². The minimum atomic E-state index is -0.482. The number of H-pyrrole nitrogens is 1. The van der Waals surface area contributed by atoms with Crippen LogP contribution >= 0.6 is 11.6 Å². The Morgan fingerprint density at radius 1 is 1.67 bits per heavy atom. The molecule has 0 aliphatic rings. The monoisotopic (exact) mass is 186 g/mol. The molecule has 1 heterocycles. The molecule has 0 fully saturated rings. The van der Waals surface area contributed by atoms with Gasteiger partial charge in [0.2, 0.25) is 0 Å². The molecule has 12 heavy (non-hydrogen) atoms. The number of allylic oxidation sites excluding steroid dienone is 1. The fraction of sp³-hybridized carbons (Fsp3) is 0.143. The summed E-state index contributed by atoms with van der Waals surface area (Å²) < 4.78 is 1.26. The highest BCUT2D eigenvalue weighted by molar-refractivity contribution is 6.29. The quantitative estimate of drug-likeness (QED) is 0.722. The lowest BCUT2D eigenvalue weighted by molar-refractivity contribution is 0.730. The van der Waals surface area contributed by atoms with Crippen molar-refractivity contribution in [2.45, 2.75) is 6.54 Å². The highest BCUT2D eigenvalue weighted by Gasteiger charge is 1.95. The number of rotatable bonds is 2. The number of hydrogen-bond acceptors (Lipinski definition) is 2. The zero-order chi connectivity index (χ0) is 9.14. The third-order valence-electron chi connectivity index (χ3n) is 1.24. The molecule has 5 heteroatoms. The molecular formula is C7H7ClN2O2. The SMILES string of the molecule is C=C(Cl)Cn1ccc(=O)[nH]c1=O. The first-order valence-corrected chi connectivity index (χ1v) is 3.60. The summed E-state index contributed by atoms with van der Waals surface area (Å²) in [6.45, 7) is 3.63. The highest BCUT2D eigenvalue weighted by Crippen LogP contribution is 1.97. The third kappa shape index (κ3) is 2.10. The average molecular weight is 187 g/mol. The molecule has 0 aromatic carbocycles. The minimum absolute atomic E-state index is 0.206. The molecule has 0 saturated heterocycles. The molecule has 0 atom stereocenters. The molecule has 1 rings (SSSR count). The number of nitrogens with zero attached hydrogens (tertiary/aromatic N) is 1. The van der Waals surface area contributed by atoms with Crippen molar-refractivity contribution in [3.05, 3.63) is 44.7 Å². The first-order chi connectivity index (χ1) is 5.59. The molecule has 0 amide bonds. The number of hydrogen-bond donors (Lipinski definition) is 1. The van der Waals surface area contributed by atoms with Crippen molar-refractivity contribution in [1.82, 2.24) is 9.55 Å². The molecule has 0 aliphatic carbocycles. The topological polar surface area (TPSA) is 54.9 Å². The second kappa shape index (κ2) is 3.40. The van der Waals surface area contributed by atoms with Crippen LogP contribution in [0.15, 0.2) is 33.5 Å². The Morgan fingerprint density at radius 3 is 2.83 bits per heavy atom. The normalized spacial score (nSPS) is 9.75. The molecule has 0 bridgehead atoms. The summed E-state index contributed by atoms with van der Waals surface area (Å²) in [7, 11) is 0. The Balaban J connectivity index is 3.10. The Labute approximate surface area is 73.1 Å². The Bertz CT molecular complexity index is 404. The van der Waals surface area contributed by atoms with E-state index in [0.29, 0.717) is 5.03 Å². The third-order valence-corrected chi connectivity index (χ3v) is 1.36. The fourth-order valence-electron chi connectivity index (χ4n) is 0.754. The zero-order valence-corrected chi connectivity index (χ0v) is 6.97. The smallest absolute Gasteiger partial charge is 0.295 e. The average Bonchev–Trinajstić information content (AvgIpc) is 1.94. The fourth-order valence-corrected chi connectivity index (χ4v) is 0.882. The van der Waals surface area contributed by atoms with E-state index in [1.54, 1.807) is 0 Å². The molecule has 1 aromatic rings. The van der Waals surface area contributed by atoms with Gasteiger partial charge in [0.15, 0.2) is 0 Å². The summed E-state index contributed by atoms with van der Waals surface area (Å²) in [4.78, 5) is 23.7. The minimum Gasteiger partial charge on any atom is -0.295 e. The van der Waals surface area contributed by atoms with Crippen LogP contribution in [-0.4, -0.2) is 9.55 Å². The van der Waals surface area contributed by atoms with Crippen LogP contribution in [0.4, 0.5) is 0 Å². The first-order valence-electron chi connectivity index (χ1n) is 3.22. The van der Waals surface area contributed by atoms with Crippen molar-refractivity contribution in [3.63, 3.8) is 0 Å². The maximum atomic E-state index is 11.0. The second-order valence-corrected chi connectivity index (χ2v) is 2.79. The largest absolute Gasteiger partial charge is 0.328 e. The molecule has 0 spiro atoms. The van der Waals surface area contributed by atoms with E-state index in [-0.39, 0.29) is 6.54 Å². The molecule has 0 aliphatic heterocycles. The lowest BCUT2D eigenvalue weighted by Gasteiger charge is -2.00. The van der Waals surface area contributed by atoms with Crippen molar-refractivity contribution < 1.29 is 0 Å². The predicted molar refractivity (Wildman–Crippen MR) is 46.3 cm³/mol. The molecule has 0 radical (unpaired) electrons. The van der Waals surface area contributed by atoms with Gasteiger partial charge in [-0.1, -0.05) is 18.2 Å².